The van der Waals surface area contributed by atoms with Crippen molar-refractivity contribution in [3.05, 3.63) is 48.1 Å². The highest BCUT2D eigenvalue weighted by Crippen LogP contribution is 2.61. The zero-order chi connectivity index (χ0) is 35.2. The van der Waals surface area contributed by atoms with E-state index in [1.165, 1.54) is 25.7 Å². The molecule has 5 rings (SSSR count). The molecular formula is C40H60N2O7. The summed E-state index contributed by atoms with van der Waals surface area (Å²) >= 11 is 0. The molecule has 1 heterocycles. The molecule has 2 saturated carbocycles. The molecule has 1 amide bonds. The first-order valence-electron chi connectivity index (χ1n) is 18.7. The first-order valence-corrected chi connectivity index (χ1v) is 18.7. The van der Waals surface area contributed by atoms with Gasteiger partial charge in [-0.25, -0.2) is 0 Å². The van der Waals surface area contributed by atoms with E-state index in [9.17, 15) is 20.1 Å². The van der Waals surface area contributed by atoms with Gasteiger partial charge in [-0.05, 0) is 94.4 Å². The topological polar surface area (TPSA) is 121 Å². The van der Waals surface area contributed by atoms with Crippen LogP contribution in [0, 0.1) is 23.7 Å². The standard InChI is InChI=1S/C40H60N2O7/c1-6-23-47-40-35(42(5)36(46)20-17-27-13-7-8-14-27)26-33(41-49-39(2,3)4)31-24-28(15-9-11-21-43)30(16-10-12-22-44)37(38(31)40)32-25-29(45)18-19-34(32)48-40/h6,18-19,24-25,27-28,30,35,37-38,43-45H,1,7-17,20-23,26H2,2-5H3/t28-,30+,35-,37+,38+,40+/m0/s1. The van der Waals surface area contributed by atoms with E-state index in [-0.39, 0.29) is 55.1 Å². The lowest BCUT2D eigenvalue weighted by molar-refractivity contribution is -0.255. The van der Waals surface area contributed by atoms with Crippen molar-refractivity contribution in [2.75, 3.05) is 26.9 Å². The van der Waals surface area contributed by atoms with Gasteiger partial charge in [0, 0.05) is 44.6 Å². The number of hydrogen-bond acceptors (Lipinski definition) is 8. The van der Waals surface area contributed by atoms with Crippen LogP contribution in [-0.4, -0.2) is 76.1 Å². The number of hydrogen-bond donors (Lipinski definition) is 3. The van der Waals surface area contributed by atoms with Crippen LogP contribution in [-0.2, 0) is 14.4 Å². The van der Waals surface area contributed by atoms with E-state index < -0.39 is 17.4 Å². The largest absolute Gasteiger partial charge is 0.508 e. The zero-order valence-corrected chi connectivity index (χ0v) is 30.2. The number of aliphatic hydroxyl groups excluding tert-OH is 2. The van der Waals surface area contributed by atoms with E-state index in [0.29, 0.717) is 37.4 Å². The number of benzene rings is 1. The molecule has 0 unspecified atom stereocenters. The van der Waals surface area contributed by atoms with Crippen molar-refractivity contribution < 1.29 is 34.4 Å². The fourth-order valence-electron chi connectivity index (χ4n) is 8.91. The van der Waals surface area contributed by atoms with Crippen LogP contribution in [0.3, 0.4) is 0 Å². The lowest BCUT2D eigenvalue weighted by Crippen LogP contribution is -2.69. The summed E-state index contributed by atoms with van der Waals surface area (Å²) in [4.78, 5) is 22.1. The second kappa shape index (κ2) is 16.4. The second-order valence-electron chi connectivity index (χ2n) is 15.7. The third-order valence-corrected chi connectivity index (χ3v) is 11.2. The first kappa shape index (κ1) is 37.4. The molecule has 1 aliphatic heterocycles. The molecule has 49 heavy (non-hydrogen) atoms. The Kier molecular flexibility index (Phi) is 12.5. The Morgan fingerprint density at radius 3 is 2.49 bits per heavy atom. The Labute approximate surface area is 293 Å². The number of oxime groups is 1. The number of phenolic OH excluding ortho intramolecular Hbond substituents is 1. The first-order chi connectivity index (χ1) is 23.5. The van der Waals surface area contributed by atoms with Crippen molar-refractivity contribution >= 4 is 11.6 Å². The molecule has 0 saturated heterocycles. The monoisotopic (exact) mass is 680 g/mol. The second-order valence-corrected chi connectivity index (χ2v) is 15.7. The molecule has 6 atom stereocenters. The number of allylic oxidation sites excluding steroid dienone is 1. The van der Waals surface area contributed by atoms with E-state index in [2.05, 4.69) is 12.7 Å². The van der Waals surface area contributed by atoms with Crippen LogP contribution in [0.25, 0.3) is 0 Å². The summed E-state index contributed by atoms with van der Waals surface area (Å²) in [7, 11) is 1.88. The highest BCUT2D eigenvalue weighted by atomic mass is 16.7. The maximum Gasteiger partial charge on any atom is 0.239 e. The molecule has 0 aromatic heterocycles. The fraction of sp³-hybridized carbons (Fsp3) is 0.700. The quantitative estimate of drug-likeness (QED) is 0.0956. The number of carbonyl (C=O) groups is 1. The fourth-order valence-corrected chi connectivity index (χ4v) is 8.91. The number of carbonyl (C=O) groups excluding carboxylic acids is 1. The van der Waals surface area contributed by atoms with E-state index in [1.54, 1.807) is 12.1 Å². The van der Waals surface area contributed by atoms with Crippen molar-refractivity contribution in [1.29, 1.82) is 0 Å². The van der Waals surface area contributed by atoms with Crippen molar-refractivity contribution in [3.8, 4) is 11.5 Å². The Balaban J connectivity index is 1.68. The molecule has 1 aromatic rings. The van der Waals surface area contributed by atoms with Crippen LogP contribution in [0.15, 0.2) is 47.7 Å². The number of aromatic hydroxyl groups is 1. The van der Waals surface area contributed by atoms with Gasteiger partial charge in [-0.15, -0.1) is 6.58 Å². The smallest absolute Gasteiger partial charge is 0.239 e. The summed E-state index contributed by atoms with van der Waals surface area (Å²) in [6.07, 6.45) is 15.5. The van der Waals surface area contributed by atoms with Gasteiger partial charge < -0.3 is 34.5 Å². The predicted molar refractivity (Wildman–Crippen MR) is 191 cm³/mol. The molecule has 0 spiro atoms. The normalized spacial score (nSPS) is 28.7. The SMILES string of the molecule is C=CCO[C@@]12Oc3ccc(O)cc3[C@H]3[C@H](CCCCO)[C@@H](CCCCO)C=C(C(=NOC(C)(C)C)C[C@@H]1N(C)C(=O)CCC1CCCC1)[C@H]32. The highest BCUT2D eigenvalue weighted by molar-refractivity contribution is 6.03. The molecule has 0 bridgehead atoms. The number of unbranched alkanes of at least 4 members (excludes halogenated alkanes) is 2. The van der Waals surface area contributed by atoms with Gasteiger partial charge in [0.25, 0.3) is 0 Å². The Hall–Kier alpha value is -2.88. The molecular weight excluding hydrogens is 620 g/mol. The Morgan fingerprint density at radius 1 is 1.10 bits per heavy atom. The van der Waals surface area contributed by atoms with E-state index in [4.69, 9.17) is 19.5 Å². The number of rotatable bonds is 16. The van der Waals surface area contributed by atoms with Gasteiger partial charge in [-0.3, -0.25) is 4.79 Å². The predicted octanol–water partition coefficient (Wildman–Crippen LogP) is 7.25. The minimum absolute atomic E-state index is 0.0656. The minimum atomic E-state index is -1.25. The molecule has 3 aliphatic carbocycles. The lowest BCUT2D eigenvalue weighted by Gasteiger charge is -2.59. The van der Waals surface area contributed by atoms with Crippen LogP contribution in [0.5, 0.6) is 11.5 Å². The van der Waals surface area contributed by atoms with Crippen molar-refractivity contribution in [2.45, 2.75) is 128 Å². The van der Waals surface area contributed by atoms with Crippen molar-refractivity contribution in [3.63, 3.8) is 0 Å². The molecule has 1 aromatic carbocycles. The van der Waals surface area contributed by atoms with Crippen LogP contribution >= 0.6 is 0 Å². The highest BCUT2D eigenvalue weighted by Gasteiger charge is 2.65. The number of amides is 1. The maximum absolute atomic E-state index is 14.1. The summed E-state index contributed by atoms with van der Waals surface area (Å²) in [5.41, 5.74) is 2.18. The summed E-state index contributed by atoms with van der Waals surface area (Å²) < 4.78 is 14.0. The molecule has 272 valence electrons. The van der Waals surface area contributed by atoms with E-state index in [0.717, 1.165) is 49.0 Å². The number of likely N-dealkylation sites (N-methyl/N-ethyl adjacent to an activating group) is 1. The zero-order valence-electron chi connectivity index (χ0n) is 30.2. The molecule has 9 heteroatoms. The van der Waals surface area contributed by atoms with E-state index >= 15 is 0 Å². The maximum atomic E-state index is 14.1. The lowest BCUT2D eigenvalue weighted by atomic mass is 9.55. The third kappa shape index (κ3) is 8.37. The summed E-state index contributed by atoms with van der Waals surface area (Å²) in [5.74, 6) is 0.000856. The number of fused-ring (bicyclic) bond motifs is 2. The Morgan fingerprint density at radius 2 is 1.82 bits per heavy atom. The summed E-state index contributed by atoms with van der Waals surface area (Å²) in [6.45, 7) is 10.4. The number of phenols is 1. The van der Waals surface area contributed by atoms with Crippen molar-refractivity contribution in [1.82, 2.24) is 4.90 Å². The van der Waals surface area contributed by atoms with Gasteiger partial charge >= 0.3 is 0 Å². The van der Waals surface area contributed by atoms with Gasteiger partial charge in [-0.1, -0.05) is 55.8 Å². The van der Waals surface area contributed by atoms with Gasteiger partial charge in [0.15, 0.2) is 0 Å². The third-order valence-electron chi connectivity index (χ3n) is 11.2. The molecule has 0 radical (unpaired) electrons. The average Bonchev–Trinajstić information content (AvgIpc) is 3.60. The van der Waals surface area contributed by atoms with Gasteiger partial charge in [0.2, 0.25) is 11.7 Å². The van der Waals surface area contributed by atoms with Gasteiger partial charge in [0.1, 0.15) is 23.1 Å². The minimum Gasteiger partial charge on any atom is -0.508 e. The average molecular weight is 681 g/mol. The van der Waals surface area contributed by atoms with E-state index in [1.807, 2.05) is 44.9 Å². The summed E-state index contributed by atoms with van der Waals surface area (Å²) in [5, 5.41) is 35.1. The van der Waals surface area contributed by atoms with Crippen LogP contribution in [0.1, 0.15) is 116 Å². The number of ether oxygens (including phenoxy) is 2. The number of nitrogens with zero attached hydrogens (tertiary/aromatic N) is 2. The molecule has 4 aliphatic rings. The van der Waals surface area contributed by atoms with Crippen LogP contribution in [0.4, 0.5) is 0 Å². The van der Waals surface area contributed by atoms with Crippen LogP contribution in [0.2, 0.25) is 0 Å². The molecule has 2 fully saturated rings. The van der Waals surface area contributed by atoms with Gasteiger partial charge in [0.05, 0.1) is 18.2 Å². The number of aliphatic hydroxyl groups is 2. The Bertz CT molecular complexity index is 1350. The summed E-state index contributed by atoms with van der Waals surface area (Å²) in [6, 6.07) is 4.79. The van der Waals surface area contributed by atoms with Crippen molar-refractivity contribution in [2.24, 2.45) is 28.8 Å². The molecule has 3 N–H and O–H groups in total. The molecule has 9 nitrogen and oxygen atoms in total. The van der Waals surface area contributed by atoms with Crippen LogP contribution < -0.4 is 4.74 Å². The van der Waals surface area contributed by atoms with Gasteiger partial charge in [-0.2, -0.15) is 0 Å².